The average molecular weight is 1790 g/mol. The molecule has 4 fully saturated rings. The van der Waals surface area contributed by atoms with E-state index >= 15 is 0 Å². The van der Waals surface area contributed by atoms with Crippen LogP contribution in [0, 0.1) is 20.8 Å². The van der Waals surface area contributed by atoms with E-state index in [-0.39, 0.29) is 35.8 Å². The molecule has 23 nitrogen and oxygen atoms in total. The SMILES string of the molecule is COc1ccc([C@@H](CCCN(C)S(=O)(=O)c2cccs2)N2Cc3c(cccc3N3CCCCC3)C2=O)cc1C.COc1ccc([C@@H](CCCN(C)S(=O)(=O)c2cccs2)N2Cc3c(cccc3N3CCN(C(C)C)CC3)C2=O)cc1C.COc1ccc([C@@H](CCCN(C)S(=O)(=O)c2cccs2)N2Cc3c(cccc3N3CCN(C4CC4)CC3)C2=O)cc1C. The summed E-state index contributed by atoms with van der Waals surface area (Å²) >= 11 is 3.69. The monoisotopic (exact) mass is 1790 g/mol. The van der Waals surface area contributed by atoms with Gasteiger partial charge in [-0.1, -0.05) is 72.8 Å². The van der Waals surface area contributed by atoms with Crippen molar-refractivity contribution in [2.45, 2.75) is 168 Å². The second-order valence-electron chi connectivity index (χ2n) is 33.6. The Bertz CT molecular complexity index is 5290. The number of anilines is 3. The number of hydrogen-bond acceptors (Lipinski definition) is 20. The maximum Gasteiger partial charge on any atom is 0.255 e. The first-order chi connectivity index (χ1) is 59.2. The fraction of sp³-hybridized carbons (Fsp3) is 0.457. The van der Waals surface area contributed by atoms with Gasteiger partial charge in [0.15, 0.2) is 0 Å². The number of piperazine rings is 2. The van der Waals surface area contributed by atoms with E-state index in [1.54, 1.807) is 95.0 Å². The summed E-state index contributed by atoms with van der Waals surface area (Å²) in [7, 11) is -0.700. The molecule has 658 valence electrons. The zero-order valence-electron chi connectivity index (χ0n) is 72.8. The fourth-order valence-electron chi connectivity index (χ4n) is 18.4. The van der Waals surface area contributed by atoms with E-state index in [2.05, 4.69) is 74.7 Å². The standard InChI is InChI=1S/C32H40N4O4S2.C32H42N4O4S2.C30H37N3O4S2/c1-23-21-24(11-14-30(23)40-3)28(9-5-15-33(2)42(38,39)31-10-6-20-41-31)36-22-27-26(32(36)37)7-4-8-29(27)35-18-16-34(17-19-35)25-12-13-25;1-23(2)34-16-18-35(19-17-34)29-10-6-9-26-27(29)22-36(32(26)37)28(25-13-14-30(40-5)24(3)21-25)11-7-15-33(4)42(38,39)31-12-8-20-41-31;1-22-20-23(14-15-28(22)37-3)26(12-8-16-31(2)39(35,36)29-13-9-19-38-29)33-21-25-24(30(33)34)10-7-11-27(25)32-17-5-4-6-18-32/h4,6-8,10-11,14,20-21,25,28H,5,9,12-13,15-19,22H2,1-3H3;6,8-10,12-14,20-21,23,28H,7,11,15-19,22H2,1-5H3;7,9-11,13-15,19-20,26H,4-6,8,12,16-18,21H2,1-3H3/t2*28-;26-/m111/s1. The fourth-order valence-corrected chi connectivity index (χ4v) is 25.7. The second-order valence-corrected chi connectivity index (χ2v) is 43.2. The highest BCUT2D eigenvalue weighted by Gasteiger charge is 2.42. The van der Waals surface area contributed by atoms with E-state index in [9.17, 15) is 39.6 Å². The molecule has 6 aliphatic heterocycles. The van der Waals surface area contributed by atoms with Gasteiger partial charge < -0.3 is 43.6 Å². The highest BCUT2D eigenvalue weighted by molar-refractivity contribution is 7.91. The molecule has 3 aromatic heterocycles. The van der Waals surface area contributed by atoms with Gasteiger partial charge in [-0.05, 0) is 228 Å². The van der Waals surface area contributed by atoms with Crippen LogP contribution in [0.1, 0.15) is 184 Å². The predicted octanol–water partition coefficient (Wildman–Crippen LogP) is 16.4. The van der Waals surface area contributed by atoms with Crippen molar-refractivity contribution in [3.05, 3.63) is 228 Å². The lowest BCUT2D eigenvalue weighted by Gasteiger charge is -2.38. The number of hydrogen-bond donors (Lipinski definition) is 0. The summed E-state index contributed by atoms with van der Waals surface area (Å²) in [5.41, 5.74) is 15.3. The van der Waals surface area contributed by atoms with Crippen molar-refractivity contribution < 1.29 is 53.8 Å². The van der Waals surface area contributed by atoms with Gasteiger partial charge in [-0.15, -0.1) is 34.0 Å². The Balaban J connectivity index is 0.000000151. The largest absolute Gasteiger partial charge is 0.496 e. The molecule has 123 heavy (non-hydrogen) atoms. The zero-order chi connectivity index (χ0) is 87.0. The van der Waals surface area contributed by atoms with Crippen molar-refractivity contribution in [3.63, 3.8) is 0 Å². The molecule has 3 atom stereocenters. The number of carbonyl (C=O) groups is 3. The number of benzene rings is 6. The van der Waals surface area contributed by atoms with Gasteiger partial charge in [-0.3, -0.25) is 24.2 Å². The van der Waals surface area contributed by atoms with Crippen LogP contribution in [0.25, 0.3) is 0 Å². The van der Waals surface area contributed by atoms with Gasteiger partial charge in [0, 0.05) is 188 Å². The van der Waals surface area contributed by atoms with Crippen molar-refractivity contribution >= 4 is 98.9 Å². The molecule has 16 rings (SSSR count). The maximum absolute atomic E-state index is 14.0. The summed E-state index contributed by atoms with van der Waals surface area (Å²) in [6.07, 6.45) is 10.0. The molecule has 0 radical (unpaired) electrons. The van der Waals surface area contributed by atoms with Crippen LogP contribution in [0.4, 0.5) is 17.1 Å². The number of piperidine rings is 1. The van der Waals surface area contributed by atoms with Crippen LogP contribution in [-0.2, 0) is 49.7 Å². The number of aryl methyl sites for hydroxylation is 3. The summed E-state index contributed by atoms with van der Waals surface area (Å²) in [6.45, 7) is 23.3. The average Bonchev–Trinajstić information content (AvgIpc) is 1.62. The molecule has 29 heteroatoms. The smallest absolute Gasteiger partial charge is 0.255 e. The summed E-state index contributed by atoms with van der Waals surface area (Å²) in [6, 6.07) is 47.5. The van der Waals surface area contributed by atoms with Gasteiger partial charge in [0.25, 0.3) is 47.8 Å². The molecule has 0 unspecified atom stereocenters. The highest BCUT2D eigenvalue weighted by Crippen LogP contribution is 2.45. The van der Waals surface area contributed by atoms with E-state index < -0.39 is 30.1 Å². The van der Waals surface area contributed by atoms with Gasteiger partial charge in [0.2, 0.25) is 0 Å². The van der Waals surface area contributed by atoms with Gasteiger partial charge in [0.1, 0.15) is 29.9 Å². The van der Waals surface area contributed by atoms with E-state index in [1.807, 2.05) is 108 Å². The van der Waals surface area contributed by atoms with Crippen LogP contribution in [0.2, 0.25) is 0 Å². The Hall–Kier alpha value is -8.72. The van der Waals surface area contributed by atoms with Gasteiger partial charge in [0.05, 0.1) is 39.5 Å². The topological polar surface area (TPSA) is 217 Å². The molecule has 0 spiro atoms. The van der Waals surface area contributed by atoms with Gasteiger partial charge in [-0.2, -0.15) is 0 Å². The molecule has 9 aromatic rings. The molecule has 0 N–H and O–H groups in total. The third kappa shape index (κ3) is 20.1. The zero-order valence-corrected chi connectivity index (χ0v) is 77.7. The van der Waals surface area contributed by atoms with Gasteiger partial charge in [-0.25, -0.2) is 38.2 Å². The molecular formula is C94H119N11O12S6. The molecule has 6 aromatic carbocycles. The number of fused-ring (bicyclic) bond motifs is 3. The lowest BCUT2D eigenvalue weighted by molar-refractivity contribution is 0.0681. The number of nitrogens with zero attached hydrogens (tertiary/aromatic N) is 11. The van der Waals surface area contributed by atoms with E-state index in [1.165, 1.54) is 90.4 Å². The van der Waals surface area contributed by atoms with Gasteiger partial charge >= 0.3 is 0 Å². The van der Waals surface area contributed by atoms with E-state index in [0.717, 1.165) is 161 Å². The van der Waals surface area contributed by atoms with Crippen molar-refractivity contribution in [1.82, 2.24) is 37.4 Å². The third-order valence-electron chi connectivity index (χ3n) is 25.6. The molecular weight excluding hydrogens is 1670 g/mol. The third-order valence-corrected chi connectivity index (χ3v) is 35.3. The van der Waals surface area contributed by atoms with Crippen molar-refractivity contribution in [2.24, 2.45) is 0 Å². The lowest BCUT2D eigenvalue weighted by Crippen LogP contribution is -2.49. The molecule has 3 saturated heterocycles. The molecule has 0 bridgehead atoms. The van der Waals surface area contributed by atoms with E-state index in [4.69, 9.17) is 14.2 Å². The maximum atomic E-state index is 14.0. The van der Waals surface area contributed by atoms with Crippen LogP contribution in [0.3, 0.4) is 0 Å². The van der Waals surface area contributed by atoms with Crippen molar-refractivity contribution in [1.29, 1.82) is 0 Å². The Labute approximate surface area is 740 Å². The minimum absolute atomic E-state index is 0.0331. The quantitative estimate of drug-likeness (QED) is 0.0383. The molecule has 3 amide bonds. The second kappa shape index (κ2) is 39.9. The number of sulfonamides is 3. The van der Waals surface area contributed by atoms with Crippen LogP contribution in [0.15, 0.2) is 174 Å². The summed E-state index contributed by atoms with van der Waals surface area (Å²) in [5.74, 6) is 2.54. The van der Waals surface area contributed by atoms with Crippen LogP contribution in [-0.4, -0.2) is 220 Å². The summed E-state index contributed by atoms with van der Waals surface area (Å²) < 4.78 is 99.8. The number of methoxy groups -OCH3 is 3. The Morgan fingerprint density at radius 3 is 1.00 bits per heavy atom. The number of ether oxygens (including phenoxy) is 3. The summed E-state index contributed by atoms with van der Waals surface area (Å²) in [5, 5.41) is 5.33. The van der Waals surface area contributed by atoms with Crippen LogP contribution in [0.5, 0.6) is 17.2 Å². The predicted molar refractivity (Wildman–Crippen MR) is 492 cm³/mol. The molecule has 9 heterocycles. The number of rotatable bonds is 32. The number of carbonyl (C=O) groups excluding carboxylic acids is 3. The Morgan fingerprint density at radius 1 is 0.398 bits per heavy atom. The first kappa shape index (κ1) is 90.5. The minimum Gasteiger partial charge on any atom is -0.496 e. The molecule has 7 aliphatic rings. The molecule has 1 aliphatic carbocycles. The van der Waals surface area contributed by atoms with E-state index in [0.29, 0.717) is 96.5 Å². The first-order valence-electron chi connectivity index (χ1n) is 43.1. The normalized spacial score (nSPS) is 17.3. The highest BCUT2D eigenvalue weighted by atomic mass is 32.3. The van der Waals surface area contributed by atoms with Crippen LogP contribution < -0.4 is 28.9 Å². The lowest BCUT2D eigenvalue weighted by atomic mass is 9.98. The van der Waals surface area contributed by atoms with Crippen molar-refractivity contribution in [2.75, 3.05) is 142 Å². The molecule has 1 saturated carbocycles. The summed E-state index contributed by atoms with van der Waals surface area (Å²) in [4.78, 5) is 60.2. The number of amides is 3. The first-order valence-corrected chi connectivity index (χ1v) is 50.1. The van der Waals surface area contributed by atoms with Crippen molar-refractivity contribution in [3.8, 4) is 17.2 Å². The number of thiophene rings is 3. The minimum atomic E-state index is -3.53. The Morgan fingerprint density at radius 2 is 0.715 bits per heavy atom. The Kier molecular flexibility index (Phi) is 29.3. The van der Waals surface area contributed by atoms with Crippen LogP contribution >= 0.6 is 34.0 Å².